The van der Waals surface area contributed by atoms with Gasteiger partial charge in [0.1, 0.15) is 0 Å². The lowest BCUT2D eigenvalue weighted by Crippen LogP contribution is -1.93. The van der Waals surface area contributed by atoms with Crippen LogP contribution in [0.15, 0.2) is 60.7 Å². The molecule has 0 bridgehead atoms. The molecule has 0 nitrogen and oxygen atoms in total. The van der Waals surface area contributed by atoms with Crippen LogP contribution in [-0.2, 0) is 6.42 Å². The topological polar surface area (TPSA) is 0 Å². The standard InChI is InChI=1S/C25H25F3/c1-2-3-4-5-6-9-18-12-14-19(15-13-18)21-10-7-8-11-22(21)20-16-23(26)25(28)24(27)17-20/h7-8,10-17H,2-6,9H2,1H3. The lowest BCUT2D eigenvalue weighted by Gasteiger charge is -2.12. The van der Waals surface area contributed by atoms with Gasteiger partial charge in [-0.2, -0.15) is 0 Å². The highest BCUT2D eigenvalue weighted by Gasteiger charge is 2.14. The number of hydrogen-bond donors (Lipinski definition) is 0. The summed E-state index contributed by atoms with van der Waals surface area (Å²) in [4.78, 5) is 0. The number of hydrogen-bond acceptors (Lipinski definition) is 0. The lowest BCUT2D eigenvalue weighted by atomic mass is 9.93. The quantitative estimate of drug-likeness (QED) is 0.274. The number of rotatable bonds is 8. The first-order valence-corrected chi connectivity index (χ1v) is 9.93. The van der Waals surface area contributed by atoms with E-state index < -0.39 is 17.5 Å². The Balaban J connectivity index is 1.81. The zero-order valence-corrected chi connectivity index (χ0v) is 16.2. The fraction of sp³-hybridized carbons (Fsp3) is 0.280. The van der Waals surface area contributed by atoms with Gasteiger partial charge in [-0.3, -0.25) is 0 Å². The molecule has 0 saturated heterocycles. The van der Waals surface area contributed by atoms with Crippen molar-refractivity contribution in [2.45, 2.75) is 45.4 Å². The van der Waals surface area contributed by atoms with E-state index in [1.54, 1.807) is 6.07 Å². The molecular weight excluding hydrogens is 357 g/mol. The van der Waals surface area contributed by atoms with Crippen molar-refractivity contribution < 1.29 is 13.2 Å². The fourth-order valence-electron chi connectivity index (χ4n) is 3.48. The van der Waals surface area contributed by atoms with E-state index in [2.05, 4.69) is 19.1 Å². The molecule has 0 aliphatic heterocycles. The van der Waals surface area contributed by atoms with E-state index in [0.717, 1.165) is 29.7 Å². The van der Waals surface area contributed by atoms with Gasteiger partial charge in [-0.25, -0.2) is 13.2 Å². The Morgan fingerprint density at radius 3 is 1.82 bits per heavy atom. The molecule has 28 heavy (non-hydrogen) atoms. The van der Waals surface area contributed by atoms with E-state index in [1.807, 2.05) is 30.3 Å². The summed E-state index contributed by atoms with van der Waals surface area (Å²) in [6.45, 7) is 2.21. The van der Waals surface area contributed by atoms with Crippen LogP contribution in [0, 0.1) is 17.5 Å². The summed E-state index contributed by atoms with van der Waals surface area (Å²) in [5.74, 6) is -3.80. The summed E-state index contributed by atoms with van der Waals surface area (Å²) in [7, 11) is 0. The second kappa shape index (κ2) is 9.59. The maximum atomic E-state index is 13.7. The maximum Gasteiger partial charge on any atom is 0.194 e. The Kier molecular flexibility index (Phi) is 6.91. The predicted octanol–water partition coefficient (Wildman–Crippen LogP) is 7.95. The van der Waals surface area contributed by atoms with Gasteiger partial charge in [-0.15, -0.1) is 0 Å². The van der Waals surface area contributed by atoms with Crippen LogP contribution in [0.1, 0.15) is 44.6 Å². The van der Waals surface area contributed by atoms with Crippen LogP contribution in [0.25, 0.3) is 22.3 Å². The van der Waals surface area contributed by atoms with E-state index in [-0.39, 0.29) is 0 Å². The minimum atomic E-state index is -1.44. The summed E-state index contributed by atoms with van der Waals surface area (Å²) >= 11 is 0. The average Bonchev–Trinajstić information content (AvgIpc) is 2.72. The first-order chi connectivity index (χ1) is 13.6. The van der Waals surface area contributed by atoms with Crippen LogP contribution in [-0.4, -0.2) is 0 Å². The zero-order chi connectivity index (χ0) is 19.9. The number of benzene rings is 3. The van der Waals surface area contributed by atoms with Crippen molar-refractivity contribution in [3.05, 3.63) is 83.7 Å². The number of halogens is 3. The smallest absolute Gasteiger partial charge is 0.194 e. The molecule has 3 aromatic rings. The van der Waals surface area contributed by atoms with Crippen molar-refractivity contribution in [2.24, 2.45) is 0 Å². The van der Waals surface area contributed by atoms with E-state index in [0.29, 0.717) is 11.1 Å². The molecular formula is C25H25F3. The molecule has 146 valence electrons. The van der Waals surface area contributed by atoms with Crippen LogP contribution in [0.4, 0.5) is 13.2 Å². The monoisotopic (exact) mass is 382 g/mol. The first kappa shape index (κ1) is 20.2. The number of aryl methyl sites for hydroxylation is 1. The van der Waals surface area contributed by atoms with Gasteiger partial charge in [0.15, 0.2) is 17.5 Å². The Bertz CT molecular complexity index is 890. The van der Waals surface area contributed by atoms with Crippen LogP contribution in [0.2, 0.25) is 0 Å². The zero-order valence-electron chi connectivity index (χ0n) is 16.2. The van der Waals surface area contributed by atoms with Crippen molar-refractivity contribution in [1.82, 2.24) is 0 Å². The van der Waals surface area contributed by atoms with Gasteiger partial charge in [0.2, 0.25) is 0 Å². The molecule has 0 aliphatic carbocycles. The summed E-state index contributed by atoms with van der Waals surface area (Å²) < 4.78 is 40.7. The van der Waals surface area contributed by atoms with Crippen LogP contribution >= 0.6 is 0 Å². The third-order valence-electron chi connectivity index (χ3n) is 5.06. The van der Waals surface area contributed by atoms with Crippen LogP contribution in [0.5, 0.6) is 0 Å². The van der Waals surface area contributed by atoms with Crippen molar-refractivity contribution in [3.8, 4) is 22.3 Å². The second-order valence-corrected chi connectivity index (χ2v) is 7.16. The normalized spacial score (nSPS) is 11.0. The van der Waals surface area contributed by atoms with Crippen molar-refractivity contribution in [1.29, 1.82) is 0 Å². The highest BCUT2D eigenvalue weighted by atomic mass is 19.2. The molecule has 0 heterocycles. The van der Waals surface area contributed by atoms with Gasteiger partial charge in [0.05, 0.1) is 0 Å². The minimum Gasteiger partial charge on any atom is -0.204 e. The Hall–Kier alpha value is -2.55. The van der Waals surface area contributed by atoms with Gasteiger partial charge in [-0.05, 0) is 52.8 Å². The Morgan fingerprint density at radius 1 is 0.643 bits per heavy atom. The molecule has 3 aromatic carbocycles. The molecule has 0 atom stereocenters. The summed E-state index contributed by atoms with van der Waals surface area (Å²) in [5.41, 5.74) is 4.12. The van der Waals surface area contributed by atoms with E-state index in [1.165, 1.54) is 37.7 Å². The first-order valence-electron chi connectivity index (χ1n) is 9.93. The number of unbranched alkanes of at least 4 members (excludes halogenated alkanes) is 4. The Morgan fingerprint density at radius 2 is 1.21 bits per heavy atom. The van der Waals surface area contributed by atoms with E-state index in [4.69, 9.17) is 0 Å². The molecule has 0 unspecified atom stereocenters. The van der Waals surface area contributed by atoms with Crippen LogP contribution < -0.4 is 0 Å². The molecule has 0 fully saturated rings. The maximum absolute atomic E-state index is 13.7. The predicted molar refractivity (Wildman–Crippen MR) is 110 cm³/mol. The molecule has 0 radical (unpaired) electrons. The van der Waals surface area contributed by atoms with Gasteiger partial charge in [-0.1, -0.05) is 81.1 Å². The SMILES string of the molecule is CCCCCCCc1ccc(-c2ccccc2-c2cc(F)c(F)c(F)c2)cc1. The molecule has 0 saturated carbocycles. The van der Waals surface area contributed by atoms with Gasteiger partial charge in [0.25, 0.3) is 0 Å². The average molecular weight is 382 g/mol. The van der Waals surface area contributed by atoms with Gasteiger partial charge < -0.3 is 0 Å². The largest absolute Gasteiger partial charge is 0.204 e. The summed E-state index contributed by atoms with van der Waals surface area (Å²) in [6.07, 6.45) is 7.31. The van der Waals surface area contributed by atoms with E-state index in [9.17, 15) is 13.2 Å². The summed E-state index contributed by atoms with van der Waals surface area (Å²) in [5, 5.41) is 0. The second-order valence-electron chi connectivity index (χ2n) is 7.16. The molecule has 0 spiro atoms. The Labute approximate surface area is 165 Å². The molecule has 0 aromatic heterocycles. The third-order valence-corrected chi connectivity index (χ3v) is 5.06. The highest BCUT2D eigenvalue weighted by molar-refractivity contribution is 5.83. The van der Waals surface area contributed by atoms with Crippen molar-refractivity contribution in [2.75, 3.05) is 0 Å². The molecule has 3 heteroatoms. The van der Waals surface area contributed by atoms with Crippen molar-refractivity contribution >= 4 is 0 Å². The van der Waals surface area contributed by atoms with Gasteiger partial charge in [0, 0.05) is 0 Å². The highest BCUT2D eigenvalue weighted by Crippen LogP contribution is 2.33. The molecule has 0 aliphatic rings. The van der Waals surface area contributed by atoms with Crippen molar-refractivity contribution in [3.63, 3.8) is 0 Å². The third kappa shape index (κ3) is 4.83. The minimum absolute atomic E-state index is 0.326. The molecule has 3 rings (SSSR count). The van der Waals surface area contributed by atoms with Gasteiger partial charge >= 0.3 is 0 Å². The molecule has 0 amide bonds. The summed E-state index contributed by atoms with van der Waals surface area (Å²) in [6, 6.07) is 17.8. The lowest BCUT2D eigenvalue weighted by molar-refractivity contribution is 0.448. The van der Waals surface area contributed by atoms with Crippen LogP contribution in [0.3, 0.4) is 0 Å². The fourth-order valence-corrected chi connectivity index (χ4v) is 3.48. The van der Waals surface area contributed by atoms with E-state index >= 15 is 0 Å². The molecule has 0 N–H and O–H groups in total.